The molecule has 0 aromatic heterocycles. The van der Waals surface area contributed by atoms with Crippen molar-refractivity contribution >= 4 is 5.97 Å². The van der Waals surface area contributed by atoms with Crippen molar-refractivity contribution in [1.29, 1.82) is 0 Å². The van der Waals surface area contributed by atoms with Gasteiger partial charge in [0.15, 0.2) is 0 Å². The number of esters is 1. The second-order valence-electron chi connectivity index (χ2n) is 3.96. The number of carbonyl (C=O) groups excluding carboxylic acids is 1. The van der Waals surface area contributed by atoms with Crippen LogP contribution in [0.4, 0.5) is 0 Å². The number of methoxy groups -OCH3 is 1. The van der Waals surface area contributed by atoms with Gasteiger partial charge in [-0.25, -0.2) is 4.79 Å². The van der Waals surface area contributed by atoms with Gasteiger partial charge in [0, 0.05) is 12.0 Å². The summed E-state index contributed by atoms with van der Waals surface area (Å²) in [5, 5.41) is 9.89. The fourth-order valence-corrected chi connectivity index (χ4v) is 1.86. The van der Waals surface area contributed by atoms with Crippen LogP contribution in [0.3, 0.4) is 0 Å². The first-order chi connectivity index (χ1) is 8.72. The van der Waals surface area contributed by atoms with Crippen molar-refractivity contribution in [2.75, 3.05) is 7.11 Å². The fourth-order valence-electron chi connectivity index (χ4n) is 1.86. The molecule has 0 amide bonds. The van der Waals surface area contributed by atoms with Crippen molar-refractivity contribution in [2.24, 2.45) is 0 Å². The summed E-state index contributed by atoms with van der Waals surface area (Å²) in [5.41, 5.74) is 2.03. The quantitative estimate of drug-likeness (QED) is 0.842. The van der Waals surface area contributed by atoms with Crippen LogP contribution in [-0.2, 0) is 11.2 Å². The van der Waals surface area contributed by atoms with Crippen LogP contribution in [0.25, 0.3) is 0 Å². The Morgan fingerprint density at radius 2 is 1.83 bits per heavy atom. The largest absolute Gasteiger partial charge is 0.508 e. The van der Waals surface area contributed by atoms with Crippen LogP contribution in [0.5, 0.6) is 5.75 Å². The van der Waals surface area contributed by atoms with E-state index in [1.807, 2.05) is 30.3 Å². The van der Waals surface area contributed by atoms with Crippen molar-refractivity contribution < 1.29 is 14.6 Å². The minimum atomic E-state index is -0.433. The van der Waals surface area contributed by atoms with Gasteiger partial charge in [0.1, 0.15) is 5.75 Å². The summed E-state index contributed by atoms with van der Waals surface area (Å²) in [7, 11) is 1.33. The third-order valence-corrected chi connectivity index (χ3v) is 2.78. The van der Waals surface area contributed by atoms with Crippen LogP contribution < -0.4 is 0 Å². The lowest BCUT2D eigenvalue weighted by Gasteiger charge is -2.10. The Kier molecular flexibility index (Phi) is 3.63. The molecule has 18 heavy (non-hydrogen) atoms. The predicted molar refractivity (Wildman–Crippen MR) is 68.7 cm³/mol. The van der Waals surface area contributed by atoms with Gasteiger partial charge in [0.25, 0.3) is 0 Å². The number of benzene rings is 2. The minimum Gasteiger partial charge on any atom is -0.508 e. The van der Waals surface area contributed by atoms with E-state index in [2.05, 4.69) is 0 Å². The smallest absolute Gasteiger partial charge is 0.338 e. The first kappa shape index (κ1) is 12.2. The molecule has 0 heterocycles. The molecule has 0 fully saturated rings. The molecule has 0 aliphatic rings. The van der Waals surface area contributed by atoms with Crippen molar-refractivity contribution in [3.63, 3.8) is 0 Å². The maximum Gasteiger partial charge on any atom is 0.338 e. The standard InChI is InChI=1S/C15H14O3/c1-18-15(17)12-8-5-9-14(16)13(12)10-11-6-3-2-4-7-11/h2-9,16H,10H2,1H3. The molecule has 0 aliphatic heterocycles. The first-order valence-corrected chi connectivity index (χ1v) is 5.65. The Morgan fingerprint density at radius 1 is 1.11 bits per heavy atom. The van der Waals surface area contributed by atoms with Gasteiger partial charge in [-0.3, -0.25) is 0 Å². The predicted octanol–water partition coefficient (Wildman–Crippen LogP) is 2.77. The summed E-state index contributed by atoms with van der Waals surface area (Å²) >= 11 is 0. The van der Waals surface area contributed by atoms with Crippen molar-refractivity contribution in [2.45, 2.75) is 6.42 Å². The number of carbonyl (C=O) groups is 1. The highest BCUT2D eigenvalue weighted by atomic mass is 16.5. The second kappa shape index (κ2) is 5.36. The lowest BCUT2D eigenvalue weighted by molar-refractivity contribution is 0.0599. The van der Waals surface area contributed by atoms with E-state index in [1.165, 1.54) is 7.11 Å². The zero-order valence-corrected chi connectivity index (χ0v) is 10.1. The SMILES string of the molecule is COC(=O)c1cccc(O)c1Cc1ccccc1. The number of phenols is 1. The van der Waals surface area contributed by atoms with E-state index in [0.29, 0.717) is 17.5 Å². The van der Waals surface area contributed by atoms with E-state index in [9.17, 15) is 9.90 Å². The normalized spacial score (nSPS) is 10.1. The molecule has 2 rings (SSSR count). The Bertz CT molecular complexity index is 547. The number of hydrogen-bond acceptors (Lipinski definition) is 3. The first-order valence-electron chi connectivity index (χ1n) is 5.65. The molecule has 3 heteroatoms. The molecule has 0 saturated heterocycles. The number of aromatic hydroxyl groups is 1. The van der Waals surface area contributed by atoms with Gasteiger partial charge in [-0.1, -0.05) is 36.4 Å². The average Bonchev–Trinajstić information content (AvgIpc) is 2.41. The highest BCUT2D eigenvalue weighted by molar-refractivity contribution is 5.91. The molecule has 0 radical (unpaired) electrons. The Balaban J connectivity index is 2.40. The van der Waals surface area contributed by atoms with Crippen LogP contribution in [0.15, 0.2) is 48.5 Å². The minimum absolute atomic E-state index is 0.113. The number of phenolic OH excluding ortho intramolecular Hbond substituents is 1. The molecule has 2 aromatic rings. The lowest BCUT2D eigenvalue weighted by atomic mass is 9.99. The Hall–Kier alpha value is -2.29. The van der Waals surface area contributed by atoms with Crippen molar-refractivity contribution in [1.82, 2.24) is 0 Å². The summed E-state index contributed by atoms with van der Waals surface area (Å²) in [5.74, 6) is -0.321. The molecule has 0 aliphatic carbocycles. The van der Waals surface area contributed by atoms with Crippen molar-refractivity contribution in [3.05, 3.63) is 65.2 Å². The van der Waals surface area contributed by atoms with E-state index < -0.39 is 5.97 Å². The number of ether oxygens (including phenoxy) is 1. The molecule has 0 unspecified atom stereocenters. The lowest BCUT2D eigenvalue weighted by Crippen LogP contribution is -2.06. The Morgan fingerprint density at radius 3 is 2.50 bits per heavy atom. The third-order valence-electron chi connectivity index (χ3n) is 2.78. The Labute approximate surface area is 106 Å². The summed E-state index contributed by atoms with van der Waals surface area (Å²) in [6.45, 7) is 0. The van der Waals surface area contributed by atoms with Crippen LogP contribution >= 0.6 is 0 Å². The van der Waals surface area contributed by atoms with Crippen LogP contribution in [0.1, 0.15) is 21.5 Å². The topological polar surface area (TPSA) is 46.5 Å². The monoisotopic (exact) mass is 242 g/mol. The van der Waals surface area contributed by atoms with Gasteiger partial charge in [0.2, 0.25) is 0 Å². The van der Waals surface area contributed by atoms with E-state index in [0.717, 1.165) is 5.56 Å². The van der Waals surface area contributed by atoms with Crippen LogP contribution in [0, 0.1) is 0 Å². The van der Waals surface area contributed by atoms with Gasteiger partial charge >= 0.3 is 5.97 Å². The van der Waals surface area contributed by atoms with Crippen LogP contribution in [0.2, 0.25) is 0 Å². The average molecular weight is 242 g/mol. The van der Waals surface area contributed by atoms with E-state index in [1.54, 1.807) is 18.2 Å². The summed E-state index contributed by atoms with van der Waals surface area (Å²) in [6, 6.07) is 14.5. The summed E-state index contributed by atoms with van der Waals surface area (Å²) in [4.78, 5) is 11.6. The highest BCUT2D eigenvalue weighted by Crippen LogP contribution is 2.24. The number of rotatable bonds is 3. The molecule has 2 aromatic carbocycles. The maximum absolute atomic E-state index is 11.6. The van der Waals surface area contributed by atoms with Crippen molar-refractivity contribution in [3.8, 4) is 5.75 Å². The van der Waals surface area contributed by atoms with Gasteiger partial charge in [-0.2, -0.15) is 0 Å². The number of hydrogen-bond donors (Lipinski definition) is 1. The van der Waals surface area contributed by atoms with E-state index >= 15 is 0 Å². The van der Waals surface area contributed by atoms with Gasteiger partial charge < -0.3 is 9.84 Å². The third kappa shape index (κ3) is 2.51. The second-order valence-corrected chi connectivity index (χ2v) is 3.96. The molecular weight excluding hydrogens is 228 g/mol. The van der Waals surface area contributed by atoms with Gasteiger partial charge in [-0.15, -0.1) is 0 Å². The zero-order chi connectivity index (χ0) is 13.0. The molecule has 3 nitrogen and oxygen atoms in total. The molecular formula is C15H14O3. The fraction of sp³-hybridized carbons (Fsp3) is 0.133. The van der Waals surface area contributed by atoms with Gasteiger partial charge in [-0.05, 0) is 17.7 Å². The highest BCUT2D eigenvalue weighted by Gasteiger charge is 2.15. The molecule has 0 spiro atoms. The molecule has 92 valence electrons. The molecule has 0 atom stereocenters. The molecule has 0 saturated carbocycles. The zero-order valence-electron chi connectivity index (χ0n) is 10.1. The molecule has 0 bridgehead atoms. The maximum atomic E-state index is 11.6. The van der Waals surface area contributed by atoms with Gasteiger partial charge in [0.05, 0.1) is 12.7 Å². The molecule has 1 N–H and O–H groups in total. The summed E-state index contributed by atoms with van der Waals surface area (Å²) in [6.07, 6.45) is 0.498. The van der Waals surface area contributed by atoms with Crippen LogP contribution in [-0.4, -0.2) is 18.2 Å². The van der Waals surface area contributed by atoms with E-state index in [4.69, 9.17) is 4.74 Å². The van der Waals surface area contributed by atoms with E-state index in [-0.39, 0.29) is 5.75 Å². The summed E-state index contributed by atoms with van der Waals surface area (Å²) < 4.78 is 4.72.